The largest absolute Gasteiger partial charge is 0.357 e. The van der Waals surface area contributed by atoms with Gasteiger partial charge in [0.1, 0.15) is 6.42 Å². The third-order valence-electron chi connectivity index (χ3n) is 2.05. The number of allylic oxidation sites excluding steroid dienone is 2. The number of halogens is 1. The van der Waals surface area contributed by atoms with Crippen molar-refractivity contribution in [2.75, 3.05) is 0 Å². The minimum Gasteiger partial charge on any atom is -0.262 e. The molecule has 0 amide bonds. The molecule has 0 radical (unpaired) electrons. The van der Waals surface area contributed by atoms with Crippen molar-refractivity contribution >= 4 is 23.1 Å². The summed E-state index contributed by atoms with van der Waals surface area (Å²) in [5, 5.41) is 21.2. The monoisotopic (exact) mass is 312 g/mol. The van der Waals surface area contributed by atoms with Gasteiger partial charge in [-0.3, -0.25) is 20.2 Å². The lowest BCUT2D eigenvalue weighted by atomic mass is 10.1. The van der Waals surface area contributed by atoms with Crippen LogP contribution in [0.5, 0.6) is 0 Å². The fourth-order valence-corrected chi connectivity index (χ4v) is 2.96. The first-order valence-corrected chi connectivity index (χ1v) is 7.15. The predicted octanol–water partition coefficient (Wildman–Crippen LogP) is 0.805. The molecule has 1 unspecified atom stereocenters. The molecule has 1 aliphatic rings. The molecular formula is C6H5BrN2O6S. The molecule has 0 bridgehead atoms. The molecule has 1 atom stereocenters. The number of nitrogens with zero attached hydrogens (tertiary/aromatic N) is 2. The van der Waals surface area contributed by atoms with Crippen LogP contribution in [0.3, 0.4) is 0 Å². The van der Waals surface area contributed by atoms with Crippen LogP contribution >= 0.6 is 14.8 Å². The van der Waals surface area contributed by atoms with Gasteiger partial charge in [0.2, 0.25) is 0 Å². The van der Waals surface area contributed by atoms with Crippen molar-refractivity contribution in [2.24, 2.45) is 0 Å². The van der Waals surface area contributed by atoms with Crippen LogP contribution in [0.2, 0.25) is 0 Å². The molecule has 0 aliphatic heterocycles. The van der Waals surface area contributed by atoms with Crippen LogP contribution in [-0.2, 0) is 8.27 Å². The maximum Gasteiger partial charge on any atom is 0.357 e. The van der Waals surface area contributed by atoms with E-state index in [1.165, 1.54) is 0 Å². The van der Waals surface area contributed by atoms with E-state index in [-0.39, 0.29) is 0 Å². The summed E-state index contributed by atoms with van der Waals surface area (Å²) >= 11 is 2.20. The molecule has 0 saturated heterocycles. The fourth-order valence-electron chi connectivity index (χ4n) is 1.19. The molecule has 0 heterocycles. The summed E-state index contributed by atoms with van der Waals surface area (Å²) in [4.78, 5) is 16.8. The van der Waals surface area contributed by atoms with E-state index in [1.807, 2.05) is 0 Å². The molecule has 0 aromatic rings. The lowest BCUT2D eigenvalue weighted by molar-refractivity contribution is -0.533. The number of hydrogen-bond acceptors (Lipinski definition) is 6. The van der Waals surface area contributed by atoms with Crippen LogP contribution < -0.4 is 0 Å². The standard InChI is InChI=1S/C6H5BrN2O6S/c7-16(14,15)6(9(12)13)3-1-2-5(4-6)8(10)11/h1-3H,4H2. The highest BCUT2D eigenvalue weighted by Gasteiger charge is 2.56. The Hall–Kier alpha value is -1.29. The highest BCUT2D eigenvalue weighted by atomic mass is 79.9. The molecule has 0 spiro atoms. The fraction of sp³-hybridized carbons (Fsp3) is 0.333. The maximum atomic E-state index is 11.3. The molecule has 8 nitrogen and oxygen atoms in total. The van der Waals surface area contributed by atoms with Gasteiger partial charge in [0.05, 0.1) is 19.7 Å². The summed E-state index contributed by atoms with van der Waals surface area (Å²) in [6, 6.07) is 0. The summed E-state index contributed by atoms with van der Waals surface area (Å²) in [6.45, 7) is 0. The van der Waals surface area contributed by atoms with Gasteiger partial charge >= 0.3 is 4.87 Å². The van der Waals surface area contributed by atoms with Crippen LogP contribution in [0.4, 0.5) is 0 Å². The van der Waals surface area contributed by atoms with E-state index < -0.39 is 35.1 Å². The topological polar surface area (TPSA) is 120 Å². The van der Waals surface area contributed by atoms with Gasteiger partial charge in [-0.15, -0.1) is 0 Å². The van der Waals surface area contributed by atoms with E-state index in [4.69, 9.17) is 0 Å². The zero-order chi connectivity index (χ0) is 12.6. The Balaban J connectivity index is 3.32. The zero-order valence-electron chi connectivity index (χ0n) is 7.57. The Morgan fingerprint density at radius 3 is 2.31 bits per heavy atom. The van der Waals surface area contributed by atoms with Gasteiger partial charge in [-0.1, -0.05) is 6.08 Å². The highest BCUT2D eigenvalue weighted by Crippen LogP contribution is 2.35. The van der Waals surface area contributed by atoms with Gasteiger partial charge in [-0.05, 0) is 0 Å². The van der Waals surface area contributed by atoms with Crippen molar-refractivity contribution in [3.8, 4) is 0 Å². The van der Waals surface area contributed by atoms with E-state index in [9.17, 15) is 28.6 Å². The summed E-state index contributed by atoms with van der Waals surface area (Å²) in [6.07, 6.45) is 2.02. The Bertz CT molecular complexity index is 509. The maximum absolute atomic E-state index is 11.3. The van der Waals surface area contributed by atoms with E-state index in [1.54, 1.807) is 0 Å². The van der Waals surface area contributed by atoms with Gasteiger partial charge in [-0.25, -0.2) is 8.42 Å². The van der Waals surface area contributed by atoms with Crippen LogP contribution in [0, 0.1) is 20.2 Å². The third kappa shape index (κ3) is 1.97. The Labute approximate surface area is 97.1 Å². The summed E-state index contributed by atoms with van der Waals surface area (Å²) in [5.74, 6) is 0. The SMILES string of the molecule is O=[N+]([O-])C1=CC=CC([N+](=O)[O-])(S(=O)(=O)Br)C1. The molecule has 10 heteroatoms. The second kappa shape index (κ2) is 3.94. The molecule has 1 rings (SSSR count). The Morgan fingerprint density at radius 2 is 1.94 bits per heavy atom. The van der Waals surface area contributed by atoms with Crippen molar-refractivity contribution in [3.63, 3.8) is 0 Å². The van der Waals surface area contributed by atoms with Crippen molar-refractivity contribution in [1.82, 2.24) is 0 Å². The van der Waals surface area contributed by atoms with Crippen molar-refractivity contribution in [1.29, 1.82) is 0 Å². The number of nitro groups is 2. The molecule has 16 heavy (non-hydrogen) atoms. The summed E-state index contributed by atoms with van der Waals surface area (Å²) in [5.41, 5.74) is -0.526. The van der Waals surface area contributed by atoms with Gasteiger partial charge in [0.15, 0.2) is 0 Å². The van der Waals surface area contributed by atoms with Crippen LogP contribution in [0.15, 0.2) is 23.9 Å². The Morgan fingerprint density at radius 1 is 1.38 bits per heavy atom. The van der Waals surface area contributed by atoms with Crippen molar-refractivity contribution in [3.05, 3.63) is 44.2 Å². The highest BCUT2D eigenvalue weighted by molar-refractivity contribution is 9.47. The van der Waals surface area contributed by atoms with Crippen LogP contribution in [0.25, 0.3) is 0 Å². The molecule has 0 N–H and O–H groups in total. The molecule has 0 aromatic heterocycles. The predicted molar refractivity (Wildman–Crippen MR) is 56.4 cm³/mol. The van der Waals surface area contributed by atoms with Gasteiger partial charge in [-0.2, -0.15) is 0 Å². The van der Waals surface area contributed by atoms with E-state index in [2.05, 4.69) is 14.8 Å². The molecule has 1 aliphatic carbocycles. The summed E-state index contributed by atoms with van der Waals surface area (Å²) in [7, 11) is -4.27. The van der Waals surface area contributed by atoms with Crippen LogP contribution in [0.1, 0.15) is 6.42 Å². The minimum absolute atomic E-state index is 0.526. The number of rotatable bonds is 3. The minimum atomic E-state index is -4.27. The second-order valence-electron chi connectivity index (χ2n) is 2.99. The van der Waals surface area contributed by atoms with Gasteiger partial charge in [0.25, 0.3) is 14.0 Å². The molecule has 0 fully saturated rings. The number of hydrogen-bond donors (Lipinski definition) is 0. The van der Waals surface area contributed by atoms with Gasteiger partial charge < -0.3 is 0 Å². The second-order valence-corrected chi connectivity index (χ2v) is 7.13. The quantitative estimate of drug-likeness (QED) is 0.432. The first-order valence-electron chi connectivity index (χ1n) is 3.82. The Kier molecular flexibility index (Phi) is 3.15. The van der Waals surface area contributed by atoms with E-state index in [0.717, 1.165) is 18.2 Å². The third-order valence-corrected chi connectivity index (χ3v) is 5.00. The molecular weight excluding hydrogens is 308 g/mol. The van der Waals surface area contributed by atoms with Gasteiger partial charge in [0, 0.05) is 17.1 Å². The normalized spacial score (nSPS) is 24.9. The molecule has 88 valence electrons. The van der Waals surface area contributed by atoms with E-state index in [0.29, 0.717) is 0 Å². The lowest BCUT2D eigenvalue weighted by Crippen LogP contribution is -2.43. The summed E-state index contributed by atoms with van der Waals surface area (Å²) < 4.78 is 22.6. The smallest absolute Gasteiger partial charge is 0.262 e. The average molecular weight is 313 g/mol. The molecule has 0 saturated carbocycles. The van der Waals surface area contributed by atoms with Crippen molar-refractivity contribution < 1.29 is 18.3 Å². The lowest BCUT2D eigenvalue weighted by Gasteiger charge is -2.19. The van der Waals surface area contributed by atoms with Crippen LogP contribution in [-0.4, -0.2) is 23.1 Å². The van der Waals surface area contributed by atoms with E-state index >= 15 is 0 Å². The first kappa shape index (κ1) is 12.8. The van der Waals surface area contributed by atoms with Crippen molar-refractivity contribution in [2.45, 2.75) is 11.3 Å². The zero-order valence-corrected chi connectivity index (χ0v) is 9.97. The average Bonchev–Trinajstić information content (AvgIpc) is 2.15. The molecule has 0 aromatic carbocycles. The first-order chi connectivity index (χ1) is 7.21.